The van der Waals surface area contributed by atoms with Crippen LogP contribution in [0.3, 0.4) is 0 Å². The van der Waals surface area contributed by atoms with Crippen LogP contribution in [0.25, 0.3) is 0 Å². The molecule has 22 heavy (non-hydrogen) atoms. The van der Waals surface area contributed by atoms with Gasteiger partial charge in [-0.1, -0.05) is 13.8 Å². The number of aliphatic hydroxyl groups excluding tert-OH is 1. The van der Waals surface area contributed by atoms with Crippen LogP contribution in [0.5, 0.6) is 0 Å². The van der Waals surface area contributed by atoms with Gasteiger partial charge in [0.2, 0.25) is 0 Å². The third kappa shape index (κ3) is 4.08. The van der Waals surface area contributed by atoms with Gasteiger partial charge < -0.3 is 5.11 Å². The molecule has 5 nitrogen and oxygen atoms in total. The Morgan fingerprint density at radius 2 is 2.14 bits per heavy atom. The average Bonchev–Trinajstić information content (AvgIpc) is 2.87. The van der Waals surface area contributed by atoms with E-state index in [1.165, 1.54) is 11.3 Å². The van der Waals surface area contributed by atoms with Crippen molar-refractivity contribution in [3.63, 3.8) is 0 Å². The maximum absolute atomic E-state index is 12.7. The lowest BCUT2D eigenvalue weighted by Crippen LogP contribution is -2.55. The van der Waals surface area contributed by atoms with Crippen molar-refractivity contribution in [2.75, 3.05) is 32.8 Å². The number of thiophene rings is 1. The number of sulfonamides is 1. The van der Waals surface area contributed by atoms with Crippen molar-refractivity contribution in [1.29, 1.82) is 0 Å². The van der Waals surface area contributed by atoms with E-state index in [2.05, 4.69) is 18.7 Å². The summed E-state index contributed by atoms with van der Waals surface area (Å²) in [6, 6.07) is 1.83. The lowest BCUT2D eigenvalue weighted by molar-refractivity contribution is 0.0854. The molecule has 1 N–H and O–H groups in total. The van der Waals surface area contributed by atoms with Gasteiger partial charge in [0.1, 0.15) is 4.21 Å². The van der Waals surface area contributed by atoms with E-state index in [-0.39, 0.29) is 12.6 Å². The van der Waals surface area contributed by atoms with Gasteiger partial charge in [-0.05, 0) is 36.3 Å². The van der Waals surface area contributed by atoms with Gasteiger partial charge in [0.25, 0.3) is 10.0 Å². The summed E-state index contributed by atoms with van der Waals surface area (Å²) in [6.45, 7) is 8.97. The summed E-state index contributed by atoms with van der Waals surface area (Å²) >= 11 is 1.28. The van der Waals surface area contributed by atoms with Gasteiger partial charge in [0.05, 0.1) is 0 Å². The minimum Gasteiger partial charge on any atom is -0.396 e. The molecule has 1 fully saturated rings. The van der Waals surface area contributed by atoms with Gasteiger partial charge in [-0.3, -0.25) is 4.90 Å². The number of aryl methyl sites for hydroxylation is 1. The van der Waals surface area contributed by atoms with Crippen LogP contribution < -0.4 is 0 Å². The SMILES string of the molecule is Cc1csc(S(=O)(=O)N2CCN(CC(C)C)C(CCO)C2)c1. The maximum atomic E-state index is 12.7. The van der Waals surface area contributed by atoms with E-state index < -0.39 is 10.0 Å². The highest BCUT2D eigenvalue weighted by molar-refractivity contribution is 7.91. The normalized spacial score (nSPS) is 21.6. The Bertz CT molecular complexity index is 583. The van der Waals surface area contributed by atoms with Crippen LogP contribution in [0.4, 0.5) is 0 Å². The predicted octanol–water partition coefficient (Wildman–Crippen LogP) is 1.77. The van der Waals surface area contributed by atoms with E-state index in [0.717, 1.165) is 18.7 Å². The number of hydrogen-bond donors (Lipinski definition) is 1. The Morgan fingerprint density at radius 1 is 1.41 bits per heavy atom. The zero-order valence-corrected chi connectivity index (χ0v) is 15.2. The second kappa shape index (κ2) is 7.40. The zero-order valence-electron chi connectivity index (χ0n) is 13.5. The van der Waals surface area contributed by atoms with Gasteiger partial charge in [-0.2, -0.15) is 4.31 Å². The van der Waals surface area contributed by atoms with E-state index >= 15 is 0 Å². The summed E-state index contributed by atoms with van der Waals surface area (Å²) in [6.07, 6.45) is 0.613. The molecule has 0 spiro atoms. The van der Waals surface area contributed by atoms with Crippen molar-refractivity contribution >= 4 is 21.4 Å². The van der Waals surface area contributed by atoms with Crippen molar-refractivity contribution in [2.24, 2.45) is 5.92 Å². The molecule has 0 aliphatic carbocycles. The average molecular weight is 347 g/mol. The highest BCUT2D eigenvalue weighted by Gasteiger charge is 2.34. The van der Waals surface area contributed by atoms with E-state index in [1.807, 2.05) is 12.3 Å². The molecule has 126 valence electrons. The van der Waals surface area contributed by atoms with E-state index in [1.54, 1.807) is 10.4 Å². The van der Waals surface area contributed by atoms with Crippen molar-refractivity contribution in [2.45, 2.75) is 37.4 Å². The first-order chi connectivity index (χ1) is 10.3. The molecule has 1 aliphatic rings. The monoisotopic (exact) mass is 346 g/mol. The molecule has 1 aliphatic heterocycles. The molecule has 1 aromatic heterocycles. The molecule has 1 aromatic rings. The van der Waals surface area contributed by atoms with E-state index in [4.69, 9.17) is 0 Å². The number of rotatable bonds is 6. The Balaban J connectivity index is 2.14. The Kier molecular flexibility index (Phi) is 6.01. The molecule has 0 radical (unpaired) electrons. The smallest absolute Gasteiger partial charge is 0.252 e. The Morgan fingerprint density at radius 3 is 2.68 bits per heavy atom. The molecular formula is C15H26N2O3S2. The number of hydrogen-bond acceptors (Lipinski definition) is 5. The second-order valence-corrected chi connectivity index (χ2v) is 9.44. The highest BCUT2D eigenvalue weighted by Crippen LogP contribution is 2.26. The van der Waals surface area contributed by atoms with Crippen molar-refractivity contribution in [1.82, 2.24) is 9.21 Å². The summed E-state index contributed by atoms with van der Waals surface area (Å²) < 4.78 is 27.5. The van der Waals surface area contributed by atoms with Gasteiger partial charge in [-0.25, -0.2) is 8.42 Å². The van der Waals surface area contributed by atoms with E-state index in [0.29, 0.717) is 29.6 Å². The second-order valence-electron chi connectivity index (χ2n) is 6.36. The summed E-state index contributed by atoms with van der Waals surface area (Å²) in [5.41, 5.74) is 0.980. The van der Waals surface area contributed by atoms with Gasteiger partial charge >= 0.3 is 0 Å². The molecule has 1 unspecified atom stereocenters. The Hall–Kier alpha value is -0.470. The van der Waals surface area contributed by atoms with Crippen LogP contribution in [0.1, 0.15) is 25.8 Å². The molecule has 1 saturated heterocycles. The van der Waals surface area contributed by atoms with Crippen LogP contribution in [0.2, 0.25) is 0 Å². The first kappa shape index (κ1) is 17.9. The maximum Gasteiger partial charge on any atom is 0.252 e. The Labute approximate surface area is 137 Å². The predicted molar refractivity (Wildman–Crippen MR) is 89.7 cm³/mol. The third-order valence-electron chi connectivity index (χ3n) is 3.93. The van der Waals surface area contributed by atoms with Crippen LogP contribution in [0, 0.1) is 12.8 Å². The van der Waals surface area contributed by atoms with Crippen molar-refractivity contribution in [3.8, 4) is 0 Å². The zero-order chi connectivity index (χ0) is 16.3. The van der Waals surface area contributed by atoms with Gasteiger partial charge in [-0.15, -0.1) is 11.3 Å². The number of nitrogens with zero attached hydrogens (tertiary/aromatic N) is 2. The lowest BCUT2D eigenvalue weighted by atomic mass is 10.1. The van der Waals surface area contributed by atoms with Crippen LogP contribution in [-0.4, -0.2) is 61.6 Å². The molecule has 0 bridgehead atoms. The first-order valence-corrected chi connectivity index (χ1v) is 10.1. The van der Waals surface area contributed by atoms with Crippen LogP contribution in [0.15, 0.2) is 15.7 Å². The van der Waals surface area contributed by atoms with E-state index in [9.17, 15) is 13.5 Å². The lowest BCUT2D eigenvalue weighted by Gasteiger charge is -2.41. The van der Waals surface area contributed by atoms with Crippen LogP contribution >= 0.6 is 11.3 Å². The molecule has 0 amide bonds. The highest BCUT2D eigenvalue weighted by atomic mass is 32.2. The summed E-state index contributed by atoms with van der Waals surface area (Å²) in [5.74, 6) is 0.532. The minimum absolute atomic E-state index is 0.0886. The fourth-order valence-electron chi connectivity index (χ4n) is 2.88. The first-order valence-electron chi connectivity index (χ1n) is 7.74. The topological polar surface area (TPSA) is 60.9 Å². The van der Waals surface area contributed by atoms with Crippen molar-refractivity contribution in [3.05, 3.63) is 17.0 Å². The third-order valence-corrected chi connectivity index (χ3v) is 7.33. The standard InChI is InChI=1S/C15H26N2O3S2/c1-12(2)9-16-5-6-17(10-14(16)4-7-18)22(19,20)15-8-13(3)11-21-15/h8,11-12,14,18H,4-7,9-10H2,1-3H3. The quantitative estimate of drug-likeness (QED) is 0.853. The fraction of sp³-hybridized carbons (Fsp3) is 0.733. The molecule has 2 rings (SSSR count). The largest absolute Gasteiger partial charge is 0.396 e. The van der Waals surface area contributed by atoms with Gasteiger partial charge in [0.15, 0.2) is 0 Å². The molecular weight excluding hydrogens is 320 g/mol. The number of piperazine rings is 1. The summed E-state index contributed by atoms with van der Waals surface area (Å²) in [5, 5.41) is 11.2. The van der Waals surface area contributed by atoms with Gasteiger partial charge in [0, 0.05) is 38.8 Å². The summed E-state index contributed by atoms with van der Waals surface area (Å²) in [7, 11) is -3.40. The fourth-order valence-corrected chi connectivity index (χ4v) is 5.73. The minimum atomic E-state index is -3.40. The van der Waals surface area contributed by atoms with Crippen molar-refractivity contribution < 1.29 is 13.5 Å². The molecule has 0 saturated carbocycles. The number of aliphatic hydroxyl groups is 1. The van der Waals surface area contributed by atoms with Crippen LogP contribution in [-0.2, 0) is 10.0 Å². The molecule has 2 heterocycles. The molecule has 7 heteroatoms. The molecule has 1 atom stereocenters. The summed E-state index contributed by atoms with van der Waals surface area (Å²) in [4.78, 5) is 2.31. The molecule has 0 aromatic carbocycles.